The topological polar surface area (TPSA) is 58.4 Å². The quantitative estimate of drug-likeness (QED) is 0.627. The Kier molecular flexibility index (Phi) is 8.07. The number of hydrogen-bond donors (Lipinski definition) is 2. The molecule has 1 aliphatic heterocycles. The molecule has 0 radical (unpaired) electrons. The van der Waals surface area contributed by atoms with Crippen molar-refractivity contribution >= 4 is 5.91 Å². The average molecular weight is 269 g/mol. The van der Waals surface area contributed by atoms with Crippen LogP contribution >= 0.6 is 0 Å². The monoisotopic (exact) mass is 269 g/mol. The molecule has 1 heterocycles. The minimum Gasteiger partial charge on any atom is -0.355 e. The number of nitrogens with two attached hydrogens (primary N) is 1. The van der Waals surface area contributed by atoms with Crippen LogP contribution in [0, 0.1) is 5.92 Å². The number of nitrogens with zero attached hydrogens (tertiary/aromatic N) is 1. The molecule has 112 valence electrons. The molecule has 4 nitrogen and oxygen atoms in total. The number of amides is 1. The molecule has 1 fully saturated rings. The molecule has 0 aromatic carbocycles. The van der Waals surface area contributed by atoms with Crippen molar-refractivity contribution in [1.29, 1.82) is 0 Å². The van der Waals surface area contributed by atoms with Gasteiger partial charge in [-0.15, -0.1) is 0 Å². The summed E-state index contributed by atoms with van der Waals surface area (Å²) in [6.45, 7) is 8.40. The third-order valence-corrected chi connectivity index (χ3v) is 4.00. The number of nitrogens with one attached hydrogen (secondary N) is 1. The summed E-state index contributed by atoms with van der Waals surface area (Å²) in [5.41, 5.74) is 5.44. The number of hydrogen-bond acceptors (Lipinski definition) is 3. The maximum absolute atomic E-state index is 11.8. The smallest absolute Gasteiger partial charge is 0.220 e. The van der Waals surface area contributed by atoms with E-state index in [0.29, 0.717) is 18.4 Å². The lowest BCUT2D eigenvalue weighted by Crippen LogP contribution is -2.45. The van der Waals surface area contributed by atoms with Crippen LogP contribution in [0.3, 0.4) is 0 Å². The molecule has 0 aromatic heterocycles. The Morgan fingerprint density at radius 2 is 1.89 bits per heavy atom. The second-order valence-electron chi connectivity index (χ2n) is 5.96. The van der Waals surface area contributed by atoms with Gasteiger partial charge < -0.3 is 11.1 Å². The van der Waals surface area contributed by atoms with Gasteiger partial charge in [-0.25, -0.2) is 0 Å². The van der Waals surface area contributed by atoms with Gasteiger partial charge in [0.25, 0.3) is 0 Å². The fourth-order valence-electron chi connectivity index (χ4n) is 2.77. The van der Waals surface area contributed by atoms with Gasteiger partial charge in [0.1, 0.15) is 0 Å². The Morgan fingerprint density at radius 1 is 1.21 bits per heavy atom. The van der Waals surface area contributed by atoms with E-state index in [-0.39, 0.29) is 5.91 Å². The zero-order valence-corrected chi connectivity index (χ0v) is 12.7. The lowest BCUT2D eigenvalue weighted by atomic mass is 10.0. The van der Waals surface area contributed by atoms with Crippen molar-refractivity contribution in [2.45, 2.75) is 58.4 Å². The lowest BCUT2D eigenvalue weighted by molar-refractivity contribution is -0.121. The summed E-state index contributed by atoms with van der Waals surface area (Å²) >= 11 is 0. The molecule has 1 saturated heterocycles. The first-order chi connectivity index (χ1) is 9.15. The summed E-state index contributed by atoms with van der Waals surface area (Å²) in [7, 11) is 0. The summed E-state index contributed by atoms with van der Waals surface area (Å²) < 4.78 is 0. The van der Waals surface area contributed by atoms with Crippen LogP contribution < -0.4 is 11.1 Å². The molecule has 4 heteroatoms. The minimum atomic E-state index is 0.196. The zero-order chi connectivity index (χ0) is 14.1. The van der Waals surface area contributed by atoms with Crippen LogP contribution in [0.25, 0.3) is 0 Å². The number of likely N-dealkylation sites (tertiary alicyclic amines) is 1. The summed E-state index contributed by atoms with van der Waals surface area (Å²) in [5, 5.41) is 3.11. The van der Waals surface area contributed by atoms with Crippen LogP contribution in [0.15, 0.2) is 0 Å². The molecule has 0 spiro atoms. The molecule has 1 unspecified atom stereocenters. The first kappa shape index (κ1) is 16.4. The predicted molar refractivity (Wildman–Crippen MR) is 80.0 cm³/mol. The highest BCUT2D eigenvalue weighted by Crippen LogP contribution is 2.17. The van der Waals surface area contributed by atoms with Gasteiger partial charge in [0, 0.05) is 19.0 Å². The molecule has 3 N–H and O–H groups in total. The van der Waals surface area contributed by atoms with Crippen molar-refractivity contribution in [2.24, 2.45) is 11.7 Å². The van der Waals surface area contributed by atoms with E-state index in [0.717, 1.165) is 32.4 Å². The van der Waals surface area contributed by atoms with Crippen LogP contribution in [-0.2, 0) is 4.79 Å². The van der Waals surface area contributed by atoms with Gasteiger partial charge in [0.05, 0.1) is 0 Å². The van der Waals surface area contributed by atoms with Crippen molar-refractivity contribution in [3.63, 3.8) is 0 Å². The van der Waals surface area contributed by atoms with E-state index >= 15 is 0 Å². The third-order valence-electron chi connectivity index (χ3n) is 4.00. The molecule has 1 atom stereocenters. The first-order valence-corrected chi connectivity index (χ1v) is 7.86. The van der Waals surface area contributed by atoms with E-state index in [9.17, 15) is 4.79 Å². The SMILES string of the molecule is CC(C)C(CNC(=O)CCCCCN)N1CCCC1. The largest absolute Gasteiger partial charge is 0.355 e. The lowest BCUT2D eigenvalue weighted by Gasteiger charge is -2.31. The van der Waals surface area contributed by atoms with Gasteiger partial charge in [0.15, 0.2) is 0 Å². The van der Waals surface area contributed by atoms with Crippen LogP contribution in [0.5, 0.6) is 0 Å². The minimum absolute atomic E-state index is 0.196. The van der Waals surface area contributed by atoms with E-state index in [1.165, 1.54) is 25.9 Å². The van der Waals surface area contributed by atoms with E-state index in [1.807, 2.05) is 0 Å². The summed E-state index contributed by atoms with van der Waals surface area (Å²) in [5.74, 6) is 0.789. The Bertz CT molecular complexity index is 250. The average Bonchev–Trinajstić information content (AvgIpc) is 2.88. The van der Waals surface area contributed by atoms with Gasteiger partial charge in [-0.05, 0) is 51.2 Å². The highest BCUT2D eigenvalue weighted by molar-refractivity contribution is 5.75. The Hall–Kier alpha value is -0.610. The van der Waals surface area contributed by atoms with E-state index < -0.39 is 0 Å². The molecule has 0 bridgehead atoms. The van der Waals surface area contributed by atoms with Gasteiger partial charge in [0.2, 0.25) is 5.91 Å². The molecule has 19 heavy (non-hydrogen) atoms. The zero-order valence-electron chi connectivity index (χ0n) is 12.7. The standard InChI is InChI=1S/C15H31N3O/c1-13(2)14(18-10-6-7-11-18)12-17-15(19)8-4-3-5-9-16/h13-14H,3-12,16H2,1-2H3,(H,17,19). The molecule has 0 aromatic rings. The number of carbonyl (C=O) groups excluding carboxylic acids is 1. The molecular weight excluding hydrogens is 238 g/mol. The first-order valence-electron chi connectivity index (χ1n) is 7.86. The highest BCUT2D eigenvalue weighted by Gasteiger charge is 2.24. The normalized spacial score (nSPS) is 17.9. The maximum atomic E-state index is 11.8. The molecule has 1 aliphatic rings. The molecule has 0 saturated carbocycles. The van der Waals surface area contributed by atoms with E-state index in [4.69, 9.17) is 5.73 Å². The fraction of sp³-hybridized carbons (Fsp3) is 0.933. The summed E-state index contributed by atoms with van der Waals surface area (Å²) in [6, 6.07) is 0.496. The predicted octanol–water partition coefficient (Wildman–Crippen LogP) is 1.74. The number of carbonyl (C=O) groups is 1. The highest BCUT2D eigenvalue weighted by atomic mass is 16.1. The van der Waals surface area contributed by atoms with Crippen LogP contribution in [0.1, 0.15) is 52.4 Å². The third kappa shape index (κ3) is 6.39. The van der Waals surface area contributed by atoms with Crippen molar-refractivity contribution < 1.29 is 4.79 Å². The maximum Gasteiger partial charge on any atom is 0.220 e. The Morgan fingerprint density at radius 3 is 2.47 bits per heavy atom. The van der Waals surface area contributed by atoms with Gasteiger partial charge >= 0.3 is 0 Å². The van der Waals surface area contributed by atoms with Crippen molar-refractivity contribution in [1.82, 2.24) is 10.2 Å². The summed E-state index contributed by atoms with van der Waals surface area (Å²) in [4.78, 5) is 14.3. The van der Waals surface area contributed by atoms with Crippen LogP contribution in [-0.4, -0.2) is 43.0 Å². The van der Waals surface area contributed by atoms with Crippen molar-refractivity contribution in [3.05, 3.63) is 0 Å². The second kappa shape index (κ2) is 9.32. The summed E-state index contributed by atoms with van der Waals surface area (Å²) in [6.07, 6.45) is 6.29. The fourth-order valence-corrected chi connectivity index (χ4v) is 2.77. The number of unbranched alkanes of at least 4 members (excludes halogenated alkanes) is 2. The molecular formula is C15H31N3O. The van der Waals surface area contributed by atoms with Crippen molar-refractivity contribution in [3.8, 4) is 0 Å². The van der Waals surface area contributed by atoms with Gasteiger partial charge in [-0.1, -0.05) is 20.3 Å². The van der Waals surface area contributed by atoms with E-state index in [1.54, 1.807) is 0 Å². The van der Waals surface area contributed by atoms with Crippen molar-refractivity contribution in [2.75, 3.05) is 26.2 Å². The van der Waals surface area contributed by atoms with E-state index in [2.05, 4.69) is 24.1 Å². The molecule has 1 amide bonds. The Labute approximate surface area is 118 Å². The Balaban J connectivity index is 2.21. The molecule has 1 rings (SSSR count). The van der Waals surface area contributed by atoms with Gasteiger partial charge in [-0.3, -0.25) is 9.69 Å². The van der Waals surface area contributed by atoms with Crippen LogP contribution in [0.2, 0.25) is 0 Å². The van der Waals surface area contributed by atoms with Gasteiger partial charge in [-0.2, -0.15) is 0 Å². The molecule has 0 aliphatic carbocycles. The van der Waals surface area contributed by atoms with Crippen LogP contribution in [0.4, 0.5) is 0 Å². The second-order valence-corrected chi connectivity index (χ2v) is 5.96. The number of rotatable bonds is 9.